The molecule has 0 aliphatic carbocycles. The Morgan fingerprint density at radius 2 is 1.81 bits per heavy atom. The molecule has 1 amide bonds. The van der Waals surface area contributed by atoms with Crippen molar-refractivity contribution in [3.8, 4) is 16.9 Å². The molecule has 0 bridgehead atoms. The number of carbonyl (C=O) groups is 2. The Bertz CT molecular complexity index is 1100. The quantitative estimate of drug-likeness (QED) is 0.312. The number of rotatable bonds is 9. The molecule has 3 rings (SSSR count). The summed E-state index contributed by atoms with van der Waals surface area (Å²) in [7, 11) is 1.34. The normalized spacial score (nSPS) is 10.8. The van der Waals surface area contributed by atoms with Crippen molar-refractivity contribution in [2.45, 2.75) is 26.7 Å². The van der Waals surface area contributed by atoms with E-state index in [-0.39, 0.29) is 5.91 Å². The molecule has 0 atom stereocenters. The number of anilines is 1. The van der Waals surface area contributed by atoms with E-state index in [1.54, 1.807) is 6.08 Å². The van der Waals surface area contributed by atoms with Gasteiger partial charge in [0.25, 0.3) is 0 Å². The third kappa shape index (κ3) is 5.65. The maximum atomic E-state index is 12.6. The molecule has 0 saturated carbocycles. The van der Waals surface area contributed by atoms with Crippen molar-refractivity contribution >= 4 is 34.3 Å². The number of ether oxygens (including phenoxy) is 2. The van der Waals surface area contributed by atoms with Gasteiger partial charge in [-0.3, -0.25) is 4.79 Å². The predicted octanol–water partition coefficient (Wildman–Crippen LogP) is 6.20. The van der Waals surface area contributed by atoms with Crippen molar-refractivity contribution in [2.24, 2.45) is 0 Å². The summed E-state index contributed by atoms with van der Waals surface area (Å²) in [5.74, 6) is -0.101. The van der Waals surface area contributed by atoms with Crippen LogP contribution in [0.2, 0.25) is 0 Å². The monoisotopic (exact) mass is 449 g/mol. The molecule has 0 unspecified atom stereocenters. The number of thiophene rings is 1. The molecule has 0 spiro atoms. The van der Waals surface area contributed by atoms with Crippen molar-refractivity contribution in [1.29, 1.82) is 0 Å². The van der Waals surface area contributed by atoms with Gasteiger partial charge in [-0.05, 0) is 36.1 Å². The van der Waals surface area contributed by atoms with Crippen LogP contribution in [-0.2, 0) is 16.0 Å². The van der Waals surface area contributed by atoms with Gasteiger partial charge >= 0.3 is 5.97 Å². The Balaban J connectivity index is 1.82. The van der Waals surface area contributed by atoms with Crippen LogP contribution in [0.15, 0.2) is 60.0 Å². The number of hydrogen-bond acceptors (Lipinski definition) is 5. The van der Waals surface area contributed by atoms with E-state index < -0.39 is 5.97 Å². The lowest BCUT2D eigenvalue weighted by atomic mass is 10.0. The van der Waals surface area contributed by atoms with Crippen molar-refractivity contribution in [1.82, 2.24) is 0 Å². The molecule has 6 heteroatoms. The lowest BCUT2D eigenvalue weighted by Crippen LogP contribution is -2.11. The lowest BCUT2D eigenvalue weighted by Gasteiger charge is -2.08. The summed E-state index contributed by atoms with van der Waals surface area (Å²) >= 11 is 1.30. The molecule has 0 fully saturated rings. The first kappa shape index (κ1) is 23.3. The van der Waals surface area contributed by atoms with Crippen LogP contribution >= 0.6 is 11.3 Å². The maximum Gasteiger partial charge on any atom is 0.341 e. The smallest absolute Gasteiger partial charge is 0.341 e. The highest BCUT2D eigenvalue weighted by Gasteiger charge is 2.22. The lowest BCUT2D eigenvalue weighted by molar-refractivity contribution is -0.111. The van der Waals surface area contributed by atoms with E-state index in [0.717, 1.165) is 35.3 Å². The molecule has 1 aromatic heterocycles. The van der Waals surface area contributed by atoms with Gasteiger partial charge in [0, 0.05) is 22.6 Å². The van der Waals surface area contributed by atoms with Gasteiger partial charge in [-0.2, -0.15) is 0 Å². The van der Waals surface area contributed by atoms with Gasteiger partial charge in [-0.15, -0.1) is 11.3 Å². The third-order valence-corrected chi connectivity index (χ3v) is 5.78. The van der Waals surface area contributed by atoms with Gasteiger partial charge in [0.1, 0.15) is 16.3 Å². The second-order valence-electron chi connectivity index (χ2n) is 7.10. The van der Waals surface area contributed by atoms with E-state index in [0.29, 0.717) is 17.2 Å². The SMILES string of the molecule is CCCOc1ccccc1/C=C/C(=O)Nc1scc(-c2ccc(CC)cc2)c1C(=O)OC. The van der Waals surface area contributed by atoms with Crippen molar-refractivity contribution in [2.75, 3.05) is 19.0 Å². The van der Waals surface area contributed by atoms with Gasteiger partial charge in [0.05, 0.1) is 13.7 Å². The summed E-state index contributed by atoms with van der Waals surface area (Å²) in [6.07, 6.45) is 4.98. The molecule has 2 aromatic carbocycles. The molecule has 0 aliphatic heterocycles. The van der Waals surface area contributed by atoms with Gasteiger partial charge < -0.3 is 14.8 Å². The van der Waals surface area contributed by atoms with Crippen LogP contribution < -0.4 is 10.1 Å². The Kier molecular flexibility index (Phi) is 8.22. The second kappa shape index (κ2) is 11.3. The zero-order chi connectivity index (χ0) is 22.9. The predicted molar refractivity (Wildman–Crippen MR) is 130 cm³/mol. The Morgan fingerprint density at radius 1 is 1.06 bits per heavy atom. The highest BCUT2D eigenvalue weighted by molar-refractivity contribution is 7.15. The first-order valence-electron chi connectivity index (χ1n) is 10.6. The molecule has 5 nitrogen and oxygen atoms in total. The van der Waals surface area contributed by atoms with E-state index in [1.807, 2.05) is 60.8 Å². The van der Waals surface area contributed by atoms with Gasteiger partial charge in [-0.25, -0.2) is 4.79 Å². The van der Waals surface area contributed by atoms with Gasteiger partial charge in [0.15, 0.2) is 0 Å². The van der Waals surface area contributed by atoms with Gasteiger partial charge in [-0.1, -0.05) is 56.3 Å². The average Bonchev–Trinajstić information content (AvgIpc) is 3.24. The van der Waals surface area contributed by atoms with Crippen LogP contribution in [0.3, 0.4) is 0 Å². The minimum Gasteiger partial charge on any atom is -0.493 e. The first-order valence-corrected chi connectivity index (χ1v) is 11.4. The third-order valence-electron chi connectivity index (χ3n) is 4.89. The van der Waals surface area contributed by atoms with Crippen molar-refractivity contribution in [3.63, 3.8) is 0 Å². The van der Waals surface area contributed by atoms with E-state index in [2.05, 4.69) is 12.2 Å². The molecule has 166 valence electrons. The Morgan fingerprint density at radius 3 is 2.50 bits per heavy atom. The highest BCUT2D eigenvalue weighted by Crippen LogP contribution is 2.36. The zero-order valence-electron chi connectivity index (χ0n) is 18.5. The molecule has 1 N–H and O–H groups in total. The van der Waals surface area contributed by atoms with Crippen LogP contribution in [-0.4, -0.2) is 25.6 Å². The highest BCUT2D eigenvalue weighted by atomic mass is 32.1. The van der Waals surface area contributed by atoms with Crippen LogP contribution in [0.25, 0.3) is 17.2 Å². The minimum atomic E-state index is -0.488. The number of para-hydroxylation sites is 1. The maximum absolute atomic E-state index is 12.6. The molecular weight excluding hydrogens is 422 g/mol. The largest absolute Gasteiger partial charge is 0.493 e. The molecule has 0 radical (unpaired) electrons. The summed E-state index contributed by atoms with van der Waals surface area (Å²) in [6.45, 7) is 4.74. The Hall–Kier alpha value is -3.38. The number of carbonyl (C=O) groups excluding carboxylic acids is 2. The van der Waals surface area contributed by atoms with Crippen LogP contribution in [0, 0.1) is 0 Å². The number of methoxy groups -OCH3 is 1. The van der Waals surface area contributed by atoms with E-state index in [4.69, 9.17) is 9.47 Å². The number of amides is 1. The topological polar surface area (TPSA) is 64.6 Å². The van der Waals surface area contributed by atoms with E-state index in [1.165, 1.54) is 30.1 Å². The van der Waals surface area contributed by atoms with Crippen LogP contribution in [0.5, 0.6) is 5.75 Å². The fourth-order valence-corrected chi connectivity index (χ4v) is 4.13. The van der Waals surface area contributed by atoms with Gasteiger partial charge in [0.2, 0.25) is 5.91 Å². The number of aryl methyl sites for hydroxylation is 1. The summed E-state index contributed by atoms with van der Waals surface area (Å²) in [5, 5.41) is 5.14. The average molecular weight is 450 g/mol. The molecular formula is C26H27NO4S. The molecule has 0 saturated heterocycles. The Labute approximate surface area is 192 Å². The molecule has 1 heterocycles. The second-order valence-corrected chi connectivity index (χ2v) is 7.98. The fraction of sp³-hybridized carbons (Fsp3) is 0.231. The van der Waals surface area contributed by atoms with Crippen molar-refractivity contribution in [3.05, 3.63) is 76.7 Å². The van der Waals surface area contributed by atoms with Crippen LogP contribution in [0.4, 0.5) is 5.00 Å². The summed E-state index contributed by atoms with van der Waals surface area (Å²) in [5.41, 5.74) is 4.02. The summed E-state index contributed by atoms with van der Waals surface area (Å²) < 4.78 is 10.7. The fourth-order valence-electron chi connectivity index (χ4n) is 3.17. The number of nitrogens with one attached hydrogen (secondary N) is 1. The molecule has 3 aromatic rings. The molecule has 0 aliphatic rings. The summed E-state index contributed by atoms with van der Waals surface area (Å²) in [6, 6.07) is 15.6. The van der Waals surface area contributed by atoms with Crippen LogP contribution in [0.1, 0.15) is 41.8 Å². The molecule has 32 heavy (non-hydrogen) atoms. The standard InChI is InChI=1S/C26H27NO4S/c1-4-16-31-22-9-7-6-8-20(22)14-15-23(28)27-25-24(26(29)30-3)21(17-32-25)19-12-10-18(5-2)11-13-19/h6-15,17H,4-5,16H2,1-3H3,(H,27,28)/b15-14+. The zero-order valence-corrected chi connectivity index (χ0v) is 19.3. The first-order chi connectivity index (χ1) is 15.6. The van der Waals surface area contributed by atoms with E-state index >= 15 is 0 Å². The number of esters is 1. The number of hydrogen-bond donors (Lipinski definition) is 1. The number of benzene rings is 2. The summed E-state index contributed by atoms with van der Waals surface area (Å²) in [4.78, 5) is 25.1. The van der Waals surface area contributed by atoms with Crippen molar-refractivity contribution < 1.29 is 19.1 Å². The van der Waals surface area contributed by atoms with E-state index in [9.17, 15) is 9.59 Å². The minimum absolute atomic E-state index is 0.338.